The van der Waals surface area contributed by atoms with E-state index in [9.17, 15) is 38.4 Å². The van der Waals surface area contributed by atoms with Gasteiger partial charge >= 0.3 is 0 Å². The van der Waals surface area contributed by atoms with Crippen molar-refractivity contribution in [2.75, 3.05) is 47.8 Å². The monoisotopic (exact) mass is 1770 g/mol. The van der Waals surface area contributed by atoms with Gasteiger partial charge in [-0.15, -0.1) is 94.1 Å². The highest BCUT2D eigenvalue weighted by molar-refractivity contribution is 9.10. The Bertz CT molecular complexity index is 4550. The third-order valence-corrected chi connectivity index (χ3v) is 29.8. The van der Waals surface area contributed by atoms with E-state index in [0.29, 0.717) is 69.9 Å². The minimum absolute atomic E-state index is 0.00759. The van der Waals surface area contributed by atoms with Crippen LogP contribution in [0.1, 0.15) is 173 Å². The number of Topliss-reactive ketones (excluding diaryl/α,β-unsaturated/α-hetero) is 8. The molecular formula is C83H83Br2Cl2NO10S9. The molecule has 5 atom stereocenters. The molecule has 107 heavy (non-hydrogen) atoms. The quantitative estimate of drug-likeness (QED) is 0.123. The number of anilines is 1. The first kappa shape index (κ1) is 86.4. The lowest BCUT2D eigenvalue weighted by Gasteiger charge is -2.24. The van der Waals surface area contributed by atoms with Crippen LogP contribution >= 0.6 is 162 Å². The number of alkyl halides is 2. The zero-order valence-electron chi connectivity index (χ0n) is 60.4. The molecule has 0 amide bonds. The maximum Gasteiger partial charge on any atom is 0.178 e. The van der Waals surface area contributed by atoms with Gasteiger partial charge in [0.05, 0.1) is 37.8 Å². The van der Waals surface area contributed by atoms with Crippen molar-refractivity contribution >= 4 is 214 Å². The number of hydrogen-bond donors (Lipinski definition) is 2. The first-order valence-corrected chi connectivity index (χ1v) is 45.6. The van der Waals surface area contributed by atoms with Gasteiger partial charge in [-0.1, -0.05) is 136 Å². The minimum Gasteiger partial charge on any atom is -0.490 e. The van der Waals surface area contributed by atoms with Gasteiger partial charge in [-0.05, 0) is 129 Å². The third-order valence-electron chi connectivity index (χ3n) is 17.1. The number of nitrogens with zero attached hydrogens (tertiary/aromatic N) is 1. The lowest BCUT2D eigenvalue weighted by atomic mass is 10.1. The van der Waals surface area contributed by atoms with Gasteiger partial charge in [-0.25, -0.2) is 0 Å². The molecule has 8 heterocycles. The number of aliphatic hydroxyl groups excluding tert-OH is 1. The number of carbonyl (C=O) groups is 8. The van der Waals surface area contributed by atoms with Gasteiger partial charge in [-0.2, -0.15) is 12.6 Å². The largest absolute Gasteiger partial charge is 0.490 e. The molecule has 8 aromatic carbocycles. The Hall–Kier alpha value is -4.63. The first-order chi connectivity index (χ1) is 51.2. The molecule has 0 aromatic heterocycles. The lowest BCUT2D eigenvalue weighted by Crippen LogP contribution is -2.28. The fraction of sp³-hybridized carbons (Fsp3) is 0.325. The Balaban J connectivity index is 0.000000141. The molecule has 0 saturated heterocycles. The molecule has 0 radical (unpaired) electrons. The van der Waals surface area contributed by atoms with Crippen LogP contribution < -0.4 is 9.64 Å². The molecule has 8 aliphatic rings. The van der Waals surface area contributed by atoms with Gasteiger partial charge in [0.1, 0.15) is 5.75 Å². The van der Waals surface area contributed by atoms with E-state index in [4.69, 9.17) is 33.0 Å². The molecule has 11 nitrogen and oxygen atoms in total. The number of ketones is 8. The topological polar surface area (TPSA) is 169 Å². The first-order valence-electron chi connectivity index (χ1n) is 34.8. The van der Waals surface area contributed by atoms with E-state index in [1.54, 1.807) is 106 Å². The number of ether oxygens (including phenoxy) is 1. The van der Waals surface area contributed by atoms with Crippen LogP contribution in [0.3, 0.4) is 0 Å². The predicted octanol–water partition coefficient (Wildman–Crippen LogP) is 23.2. The van der Waals surface area contributed by atoms with Gasteiger partial charge in [0.15, 0.2) is 46.3 Å². The standard InChI is InChI=1S/C12H13ClO2S.C11H13NOS.2C10H9BrOS.C10H9ClOS.C10H10O2S.C10H10OS2.C10H10OS/c1-7(2)15-10-4-3-8(13)11-9(14)5-6-16-12(10)11;1-12(2)8-3-4-9-10(13)5-6-14-11(9)7-8;1-6-2-3-9-7(4-6)10(12)8(11)5-13-9;1-6-9(11)10(12)7-4-2-3-5-8(7)13-6;1-6-4-9(12)8-5-7(11)2-3-10(8)13-6;11-6-7-1-2-8-9(12)3-4-13-10(8)5-7;11-9-3-4-13-10-5-7(6-12)1-2-8(9)10;1-7-6-9(11)8-4-2-3-5-10(8)12-7/h3-4,7H,5-6H2,1-2H3;3-4,7H,5-6H2,1-2H3;2-4,8H,5H2,1H3;2-6,9H,1H3;2-3,5-6H,4H2,1H3;1-2,5,11H,3-4,6H2;1-2,5,12H,3-4,6H2;2-5,7H,6H2,1H3. The Morgan fingerprint density at radius 1 is 0.505 bits per heavy atom. The van der Waals surface area contributed by atoms with Crippen molar-refractivity contribution in [2.45, 2.75) is 163 Å². The van der Waals surface area contributed by atoms with Crippen molar-refractivity contribution in [2.24, 2.45) is 0 Å². The molecule has 8 aromatic rings. The number of halogens is 4. The molecule has 0 aliphatic carbocycles. The number of benzene rings is 8. The van der Waals surface area contributed by atoms with E-state index in [2.05, 4.69) is 82.3 Å². The summed E-state index contributed by atoms with van der Waals surface area (Å²) < 4.78 is 5.68. The summed E-state index contributed by atoms with van der Waals surface area (Å²) in [7, 11) is 4.02. The SMILES string of the molecule is CC(C)Oc1ccc(Cl)c2c1SCCC2=O.CC1CC(=O)c2cc(Cl)ccc2S1.CC1CC(=O)c2ccccc2S1.CC1Sc2ccccc2C(=O)C1Br.CN(C)c1ccc2c(c1)SCCC2=O.Cc1ccc2c(c1)C(=O)C(Br)CS2.O=C1CCSc2cc(CO)ccc21.O=C1CCSc2cc(CS)ccc21. The Kier molecular flexibility index (Phi) is 33.7. The predicted molar refractivity (Wildman–Crippen MR) is 462 cm³/mol. The molecule has 0 saturated carbocycles. The summed E-state index contributed by atoms with van der Waals surface area (Å²) in [6, 6.07) is 48.3. The van der Waals surface area contributed by atoms with Crippen LogP contribution in [0.25, 0.3) is 0 Å². The average molecular weight is 1770 g/mol. The van der Waals surface area contributed by atoms with Crippen LogP contribution in [-0.4, -0.2) is 126 Å². The van der Waals surface area contributed by atoms with Gasteiger partial charge in [0, 0.05) is 187 Å². The maximum absolute atomic E-state index is 11.8. The molecule has 0 bridgehead atoms. The normalized spacial score (nSPS) is 19.0. The van der Waals surface area contributed by atoms with Gasteiger partial charge < -0.3 is 14.7 Å². The van der Waals surface area contributed by atoms with Crippen molar-refractivity contribution < 1.29 is 48.2 Å². The Morgan fingerprint density at radius 2 is 1.01 bits per heavy atom. The zero-order chi connectivity index (χ0) is 77.2. The van der Waals surface area contributed by atoms with Crippen molar-refractivity contribution in [3.63, 3.8) is 0 Å². The second-order valence-electron chi connectivity index (χ2n) is 26.0. The molecule has 24 heteroatoms. The summed E-state index contributed by atoms with van der Waals surface area (Å²) in [5, 5.41) is 11.2. The highest BCUT2D eigenvalue weighted by Gasteiger charge is 2.32. The maximum atomic E-state index is 11.8. The summed E-state index contributed by atoms with van der Waals surface area (Å²) in [4.78, 5) is 103. The van der Waals surface area contributed by atoms with E-state index in [1.807, 2.05) is 162 Å². The van der Waals surface area contributed by atoms with Crippen molar-refractivity contribution in [1.82, 2.24) is 0 Å². The van der Waals surface area contributed by atoms with Gasteiger partial charge in [0.25, 0.3) is 0 Å². The second-order valence-corrected chi connectivity index (χ2v) is 39.2. The zero-order valence-corrected chi connectivity index (χ0v) is 72.5. The van der Waals surface area contributed by atoms with E-state index < -0.39 is 0 Å². The van der Waals surface area contributed by atoms with Crippen LogP contribution in [-0.2, 0) is 12.4 Å². The highest BCUT2D eigenvalue weighted by atomic mass is 79.9. The lowest BCUT2D eigenvalue weighted by molar-refractivity contribution is 0.0970. The summed E-state index contributed by atoms with van der Waals surface area (Å²) >= 11 is 36.8. The number of thiol groups is 1. The van der Waals surface area contributed by atoms with Gasteiger partial charge in [0.2, 0.25) is 0 Å². The minimum atomic E-state index is -0.0348. The van der Waals surface area contributed by atoms with Crippen molar-refractivity contribution in [3.05, 3.63) is 223 Å². The van der Waals surface area contributed by atoms with Crippen LogP contribution in [0.15, 0.2) is 191 Å². The molecule has 5 unspecified atom stereocenters. The number of rotatable bonds is 5. The van der Waals surface area contributed by atoms with E-state index in [1.165, 1.54) is 5.56 Å². The number of carbonyl (C=O) groups excluding carboxylic acids is 8. The fourth-order valence-electron chi connectivity index (χ4n) is 11.6. The van der Waals surface area contributed by atoms with Gasteiger partial charge in [-0.3, -0.25) is 38.4 Å². The van der Waals surface area contributed by atoms with Crippen LogP contribution in [0.5, 0.6) is 5.75 Å². The summed E-state index contributed by atoms with van der Waals surface area (Å²) in [5.41, 5.74) is 11.0. The van der Waals surface area contributed by atoms with Crippen LogP contribution in [0.4, 0.5) is 5.69 Å². The Morgan fingerprint density at radius 3 is 1.60 bits per heavy atom. The van der Waals surface area contributed by atoms with E-state index in [-0.39, 0.29) is 68.6 Å². The van der Waals surface area contributed by atoms with Crippen LogP contribution in [0.2, 0.25) is 10.0 Å². The second kappa shape index (κ2) is 41.8. The number of aliphatic hydroxyl groups is 1. The molecule has 1 N–H and O–H groups in total. The molecular weight excluding hydrogens is 1690 g/mol. The smallest absolute Gasteiger partial charge is 0.178 e. The summed E-state index contributed by atoms with van der Waals surface area (Å²) in [6.07, 6.45) is 3.96. The third kappa shape index (κ3) is 24.0. The summed E-state index contributed by atoms with van der Waals surface area (Å²) in [5.74, 6) is 7.69. The fourth-order valence-corrected chi connectivity index (χ4v) is 22.2. The number of aryl methyl sites for hydroxylation is 1. The molecule has 0 fully saturated rings. The van der Waals surface area contributed by atoms with Crippen molar-refractivity contribution in [3.8, 4) is 5.75 Å². The Labute approximate surface area is 694 Å². The number of hydrogen-bond acceptors (Lipinski definition) is 20. The highest BCUT2D eigenvalue weighted by Crippen LogP contribution is 2.44. The summed E-state index contributed by atoms with van der Waals surface area (Å²) in [6.45, 7) is 12.2. The average Bonchev–Trinajstić information content (AvgIpc) is 0.804. The van der Waals surface area contributed by atoms with Crippen LogP contribution in [0, 0.1) is 6.92 Å². The molecule has 8 aliphatic heterocycles. The van der Waals surface area contributed by atoms with E-state index >= 15 is 0 Å². The molecule has 0 spiro atoms. The molecule has 562 valence electrons. The van der Waals surface area contributed by atoms with Crippen molar-refractivity contribution in [1.29, 1.82) is 0 Å². The number of fused-ring (bicyclic) bond motifs is 8. The number of thioether (sulfide) groups is 8. The van der Waals surface area contributed by atoms with E-state index in [0.717, 1.165) is 135 Å². The molecule has 16 rings (SSSR count).